The van der Waals surface area contributed by atoms with Gasteiger partial charge in [-0.25, -0.2) is 9.97 Å². The molecule has 1 aromatic carbocycles. The first-order valence-electron chi connectivity index (χ1n) is 8.35. The Balaban J connectivity index is 1.63. The molecule has 1 fully saturated rings. The van der Waals surface area contributed by atoms with Gasteiger partial charge in [-0.15, -0.1) is 0 Å². The average Bonchev–Trinajstić information content (AvgIpc) is 3.18. The summed E-state index contributed by atoms with van der Waals surface area (Å²) in [5.74, 6) is 0.834. The molecule has 4 nitrogen and oxygen atoms in total. The van der Waals surface area contributed by atoms with Crippen LogP contribution >= 0.6 is 0 Å². The van der Waals surface area contributed by atoms with Crippen LogP contribution in [0, 0.1) is 0 Å². The highest BCUT2D eigenvalue weighted by atomic mass is 32.2. The molecule has 1 aliphatic rings. The van der Waals surface area contributed by atoms with Gasteiger partial charge >= 0.3 is 0 Å². The Morgan fingerprint density at radius 2 is 1.56 bits per heavy atom. The van der Waals surface area contributed by atoms with E-state index in [-0.39, 0.29) is 17.2 Å². The average molecular weight is 351 g/mol. The van der Waals surface area contributed by atoms with E-state index >= 15 is 0 Å². The van der Waals surface area contributed by atoms with Gasteiger partial charge in [0.15, 0.2) is 11.2 Å². The van der Waals surface area contributed by atoms with Crippen LogP contribution < -0.4 is 4.74 Å². The Bertz CT molecular complexity index is 751. The Labute approximate surface area is 150 Å². The fraction of sp³-hybridized carbons (Fsp3) is 0.200. The first kappa shape index (κ1) is 16.1. The van der Waals surface area contributed by atoms with Crippen LogP contribution in [0.15, 0.2) is 88.0 Å². The van der Waals surface area contributed by atoms with E-state index in [2.05, 4.69) is 34.2 Å². The van der Waals surface area contributed by atoms with Crippen molar-refractivity contribution in [1.29, 1.82) is 0 Å². The summed E-state index contributed by atoms with van der Waals surface area (Å²) in [6, 6.07) is 20.2. The van der Waals surface area contributed by atoms with Gasteiger partial charge in [0.2, 0.25) is 0 Å². The van der Waals surface area contributed by atoms with E-state index in [9.17, 15) is 0 Å². The highest BCUT2D eigenvalue weighted by Crippen LogP contribution is 2.30. The summed E-state index contributed by atoms with van der Waals surface area (Å²) in [5, 5.41) is 2.02. The first-order valence-corrected chi connectivity index (χ1v) is 9.57. The molecule has 5 heteroatoms. The second-order valence-electron chi connectivity index (χ2n) is 5.67. The Kier molecular flexibility index (Phi) is 4.95. The molecule has 4 rings (SSSR count). The molecule has 3 heterocycles. The number of hydrogen-bond acceptors (Lipinski definition) is 4. The minimum absolute atomic E-state index is 0.115. The molecule has 1 unspecified atom stereocenters. The van der Waals surface area contributed by atoms with E-state index in [1.54, 1.807) is 0 Å². The van der Waals surface area contributed by atoms with Gasteiger partial charge in [-0.3, -0.25) is 0 Å². The topological polar surface area (TPSA) is 44.2 Å². The van der Waals surface area contributed by atoms with E-state index < -0.39 is 0 Å². The third-order valence-corrected chi connectivity index (χ3v) is 5.97. The van der Waals surface area contributed by atoms with Gasteiger partial charge in [0.25, 0.3) is 10.1 Å². The molecule has 0 bridgehead atoms. The van der Waals surface area contributed by atoms with E-state index in [1.807, 2.05) is 48.8 Å². The standard InChI is InChI=1S/C20H19N2O2S/c1-3-13-21-18(6-1)25(19-7-2-4-14-22-19)17-11-9-16(10-12-17)24-20-8-5-15-23-20/h1-4,6-7,9-14,20H,5,8,15H2/q+1. The lowest BCUT2D eigenvalue weighted by Crippen LogP contribution is -2.14. The molecule has 3 aromatic rings. The van der Waals surface area contributed by atoms with Crippen LogP contribution in [-0.2, 0) is 15.6 Å². The Morgan fingerprint density at radius 1 is 0.880 bits per heavy atom. The number of ether oxygens (including phenoxy) is 2. The maximum absolute atomic E-state index is 5.87. The SMILES string of the molecule is c1ccc([S+](c2ccc(OC3CCCO3)cc2)c2ccccn2)nc1. The summed E-state index contributed by atoms with van der Waals surface area (Å²) in [6.07, 6.45) is 5.55. The van der Waals surface area contributed by atoms with Crippen LogP contribution in [0.2, 0.25) is 0 Å². The van der Waals surface area contributed by atoms with Crippen LogP contribution in [0.5, 0.6) is 5.75 Å². The van der Waals surface area contributed by atoms with Gasteiger partial charge in [-0.2, -0.15) is 0 Å². The summed E-state index contributed by atoms with van der Waals surface area (Å²) in [6.45, 7) is 0.783. The van der Waals surface area contributed by atoms with Gasteiger partial charge in [0.05, 0.1) is 6.61 Å². The zero-order chi connectivity index (χ0) is 16.9. The van der Waals surface area contributed by atoms with Crippen molar-refractivity contribution in [2.24, 2.45) is 0 Å². The van der Waals surface area contributed by atoms with E-state index in [1.165, 1.54) is 0 Å². The van der Waals surface area contributed by atoms with Crippen LogP contribution in [0.1, 0.15) is 12.8 Å². The molecule has 1 aliphatic heterocycles. The molecular formula is C20H19N2O2S+. The minimum Gasteiger partial charge on any atom is -0.465 e. The number of pyridine rings is 2. The maximum Gasteiger partial charge on any atom is 0.259 e. The molecule has 0 radical (unpaired) electrons. The van der Waals surface area contributed by atoms with E-state index in [4.69, 9.17) is 9.47 Å². The summed E-state index contributed by atoms with van der Waals surface area (Å²) in [5.41, 5.74) is 0. The lowest BCUT2D eigenvalue weighted by molar-refractivity contribution is -0.0390. The zero-order valence-electron chi connectivity index (χ0n) is 13.7. The molecule has 0 aliphatic carbocycles. The number of benzene rings is 1. The van der Waals surface area contributed by atoms with Crippen molar-refractivity contribution < 1.29 is 9.47 Å². The van der Waals surface area contributed by atoms with E-state index in [0.29, 0.717) is 0 Å². The van der Waals surface area contributed by atoms with Crippen molar-refractivity contribution >= 4 is 10.9 Å². The predicted octanol–water partition coefficient (Wildman–Crippen LogP) is 4.09. The normalized spacial score (nSPS) is 16.9. The molecular weight excluding hydrogens is 332 g/mol. The largest absolute Gasteiger partial charge is 0.465 e. The summed E-state index contributed by atoms with van der Waals surface area (Å²) in [4.78, 5) is 10.3. The fourth-order valence-corrected chi connectivity index (χ4v) is 4.60. The summed E-state index contributed by atoms with van der Waals surface area (Å²) < 4.78 is 11.4. The summed E-state index contributed by atoms with van der Waals surface area (Å²) in [7, 11) is -0.336. The maximum atomic E-state index is 5.87. The van der Waals surface area contributed by atoms with Crippen molar-refractivity contribution in [2.75, 3.05) is 6.61 Å². The van der Waals surface area contributed by atoms with Crippen molar-refractivity contribution in [2.45, 2.75) is 34.1 Å². The highest BCUT2D eigenvalue weighted by molar-refractivity contribution is 7.96. The van der Waals surface area contributed by atoms with Gasteiger partial charge < -0.3 is 9.47 Å². The molecule has 0 spiro atoms. The number of aromatic nitrogens is 2. The van der Waals surface area contributed by atoms with Gasteiger partial charge in [0, 0.05) is 30.9 Å². The molecule has 25 heavy (non-hydrogen) atoms. The highest BCUT2D eigenvalue weighted by Gasteiger charge is 2.31. The molecule has 0 N–H and O–H groups in total. The van der Waals surface area contributed by atoms with Crippen molar-refractivity contribution in [3.8, 4) is 5.75 Å². The van der Waals surface area contributed by atoms with Crippen LogP contribution in [0.25, 0.3) is 0 Å². The number of hydrogen-bond donors (Lipinski definition) is 0. The second kappa shape index (κ2) is 7.68. The van der Waals surface area contributed by atoms with Gasteiger partial charge in [-0.05, 0) is 42.8 Å². The predicted molar refractivity (Wildman–Crippen MR) is 96.7 cm³/mol. The second-order valence-corrected chi connectivity index (χ2v) is 7.59. The monoisotopic (exact) mass is 351 g/mol. The van der Waals surface area contributed by atoms with Gasteiger partial charge in [0.1, 0.15) is 16.6 Å². The van der Waals surface area contributed by atoms with Crippen LogP contribution in [0.4, 0.5) is 0 Å². The number of nitrogens with zero attached hydrogens (tertiary/aromatic N) is 2. The Morgan fingerprint density at radius 3 is 2.08 bits per heavy atom. The molecule has 0 saturated carbocycles. The molecule has 1 saturated heterocycles. The quantitative estimate of drug-likeness (QED) is 0.650. The van der Waals surface area contributed by atoms with Crippen LogP contribution in [0.3, 0.4) is 0 Å². The third kappa shape index (κ3) is 3.83. The molecule has 2 aromatic heterocycles. The van der Waals surface area contributed by atoms with Crippen LogP contribution in [-0.4, -0.2) is 22.9 Å². The molecule has 126 valence electrons. The zero-order valence-corrected chi connectivity index (χ0v) is 14.6. The summed E-state index contributed by atoms with van der Waals surface area (Å²) >= 11 is 0. The first-order chi connectivity index (χ1) is 12.4. The minimum atomic E-state index is -0.336. The lowest BCUT2D eigenvalue weighted by Gasteiger charge is -2.12. The van der Waals surface area contributed by atoms with Crippen molar-refractivity contribution in [1.82, 2.24) is 9.97 Å². The van der Waals surface area contributed by atoms with Gasteiger partial charge in [-0.1, -0.05) is 12.1 Å². The fourth-order valence-electron chi connectivity index (χ4n) is 2.73. The third-order valence-electron chi connectivity index (χ3n) is 3.91. The smallest absolute Gasteiger partial charge is 0.259 e. The lowest BCUT2D eigenvalue weighted by atomic mass is 10.3. The van der Waals surface area contributed by atoms with E-state index in [0.717, 1.165) is 40.1 Å². The van der Waals surface area contributed by atoms with Crippen molar-refractivity contribution in [3.63, 3.8) is 0 Å². The Hall–Kier alpha value is -2.37. The molecule has 0 amide bonds. The van der Waals surface area contributed by atoms with Crippen molar-refractivity contribution in [3.05, 3.63) is 73.1 Å². The number of rotatable bonds is 5. The molecule has 1 atom stereocenters.